The van der Waals surface area contributed by atoms with E-state index in [1.807, 2.05) is 12.1 Å². The van der Waals surface area contributed by atoms with Crippen LogP contribution in [0, 0.1) is 11.2 Å². The second kappa shape index (κ2) is 5.19. The van der Waals surface area contributed by atoms with Gasteiger partial charge < -0.3 is 5.32 Å². The van der Waals surface area contributed by atoms with Crippen molar-refractivity contribution in [3.05, 3.63) is 63.4 Å². The Labute approximate surface area is 134 Å². The van der Waals surface area contributed by atoms with Crippen LogP contribution in [0.25, 0.3) is 0 Å². The van der Waals surface area contributed by atoms with Crippen LogP contribution in [0.1, 0.15) is 31.0 Å². The Morgan fingerprint density at radius 2 is 1.90 bits per heavy atom. The highest BCUT2D eigenvalue weighted by Gasteiger charge is 2.39. The lowest BCUT2D eigenvalue weighted by Gasteiger charge is -2.30. The summed E-state index contributed by atoms with van der Waals surface area (Å²) < 4.78 is 13.5. The molecule has 1 nitrogen and oxygen atoms in total. The smallest absolute Gasteiger partial charge is 0.125 e. The molecule has 0 saturated heterocycles. The molecular weight excluding hydrogens is 308 g/mol. The minimum atomic E-state index is -0.302. The van der Waals surface area contributed by atoms with E-state index in [1.165, 1.54) is 17.7 Å². The van der Waals surface area contributed by atoms with Crippen molar-refractivity contribution in [1.82, 2.24) is 0 Å². The van der Waals surface area contributed by atoms with Gasteiger partial charge in [-0.25, -0.2) is 4.39 Å². The zero-order chi connectivity index (χ0) is 15.2. The molecular formula is C17H16Cl2FN. The summed E-state index contributed by atoms with van der Waals surface area (Å²) in [5.74, 6) is -0.302. The first-order chi connectivity index (χ1) is 9.87. The van der Waals surface area contributed by atoms with E-state index in [9.17, 15) is 4.39 Å². The highest BCUT2D eigenvalue weighted by Crippen LogP contribution is 2.48. The molecule has 1 aliphatic rings. The van der Waals surface area contributed by atoms with Gasteiger partial charge in [-0.1, -0.05) is 43.1 Å². The van der Waals surface area contributed by atoms with Crippen LogP contribution in [0.4, 0.5) is 10.1 Å². The van der Waals surface area contributed by atoms with Gasteiger partial charge in [-0.05, 0) is 53.3 Å². The van der Waals surface area contributed by atoms with E-state index < -0.39 is 0 Å². The molecule has 1 N–H and O–H groups in total. The first-order valence-corrected chi connectivity index (χ1v) is 7.62. The second-order valence-corrected chi connectivity index (χ2v) is 7.05. The van der Waals surface area contributed by atoms with E-state index in [2.05, 4.69) is 25.2 Å². The van der Waals surface area contributed by atoms with Crippen molar-refractivity contribution in [2.24, 2.45) is 5.41 Å². The standard InChI is InChI=1S/C17H16Cl2FN/c1-17(2)9-10-3-4-11(18)7-13(10)16(17)21-15-8-12(20)5-6-14(15)19/h3-8,16,21H,9H2,1-2H3. The molecule has 0 bridgehead atoms. The number of fused-ring (bicyclic) bond motifs is 1. The Kier molecular flexibility index (Phi) is 3.62. The highest BCUT2D eigenvalue weighted by atomic mass is 35.5. The molecule has 0 saturated carbocycles. The van der Waals surface area contributed by atoms with Crippen LogP contribution < -0.4 is 5.32 Å². The lowest BCUT2D eigenvalue weighted by Crippen LogP contribution is -2.24. The van der Waals surface area contributed by atoms with Gasteiger partial charge in [-0.2, -0.15) is 0 Å². The number of anilines is 1. The van der Waals surface area contributed by atoms with Gasteiger partial charge >= 0.3 is 0 Å². The number of halogens is 3. The van der Waals surface area contributed by atoms with Crippen molar-refractivity contribution < 1.29 is 4.39 Å². The Morgan fingerprint density at radius 3 is 2.67 bits per heavy atom. The van der Waals surface area contributed by atoms with Crippen LogP contribution in [0.2, 0.25) is 10.0 Å². The second-order valence-electron chi connectivity index (χ2n) is 6.21. The van der Waals surface area contributed by atoms with Gasteiger partial charge in [0.15, 0.2) is 0 Å². The molecule has 2 aromatic rings. The van der Waals surface area contributed by atoms with E-state index in [4.69, 9.17) is 23.2 Å². The van der Waals surface area contributed by atoms with Gasteiger partial charge in [-0.15, -0.1) is 0 Å². The van der Waals surface area contributed by atoms with E-state index in [0.29, 0.717) is 15.7 Å². The number of rotatable bonds is 2. The van der Waals surface area contributed by atoms with Gasteiger partial charge in [0.25, 0.3) is 0 Å². The fraction of sp³-hybridized carbons (Fsp3) is 0.294. The van der Waals surface area contributed by atoms with Crippen LogP contribution >= 0.6 is 23.2 Å². The number of hydrogen-bond acceptors (Lipinski definition) is 1. The first kappa shape index (κ1) is 14.7. The van der Waals surface area contributed by atoms with Crippen molar-refractivity contribution >= 4 is 28.9 Å². The van der Waals surface area contributed by atoms with Crippen LogP contribution in [0.3, 0.4) is 0 Å². The summed E-state index contributed by atoms with van der Waals surface area (Å²) in [6, 6.07) is 10.4. The molecule has 0 radical (unpaired) electrons. The molecule has 1 atom stereocenters. The van der Waals surface area contributed by atoms with E-state index in [0.717, 1.165) is 12.0 Å². The van der Waals surface area contributed by atoms with Gasteiger partial charge in [-0.3, -0.25) is 0 Å². The lowest BCUT2D eigenvalue weighted by atomic mass is 9.85. The number of nitrogens with one attached hydrogen (secondary N) is 1. The predicted molar refractivity (Wildman–Crippen MR) is 86.7 cm³/mol. The van der Waals surface area contributed by atoms with E-state index in [-0.39, 0.29) is 17.3 Å². The monoisotopic (exact) mass is 323 g/mol. The maximum Gasteiger partial charge on any atom is 0.125 e. The highest BCUT2D eigenvalue weighted by molar-refractivity contribution is 6.33. The third kappa shape index (κ3) is 2.75. The molecule has 0 aliphatic heterocycles. The molecule has 110 valence electrons. The van der Waals surface area contributed by atoms with Crippen molar-refractivity contribution in [3.8, 4) is 0 Å². The van der Waals surface area contributed by atoms with Gasteiger partial charge in [0.1, 0.15) is 5.82 Å². The van der Waals surface area contributed by atoms with Crippen LogP contribution in [-0.2, 0) is 6.42 Å². The molecule has 2 aromatic carbocycles. The van der Waals surface area contributed by atoms with Gasteiger partial charge in [0, 0.05) is 5.02 Å². The van der Waals surface area contributed by atoms with Crippen molar-refractivity contribution in [1.29, 1.82) is 0 Å². The quantitative estimate of drug-likeness (QED) is 0.728. The largest absolute Gasteiger partial charge is 0.376 e. The topological polar surface area (TPSA) is 12.0 Å². The maximum absolute atomic E-state index is 13.5. The molecule has 1 aliphatic carbocycles. The van der Waals surface area contributed by atoms with Gasteiger partial charge in [0.2, 0.25) is 0 Å². The Bertz CT molecular complexity index is 697. The van der Waals surface area contributed by atoms with Crippen molar-refractivity contribution in [3.63, 3.8) is 0 Å². The molecule has 1 unspecified atom stereocenters. The van der Waals surface area contributed by atoms with Crippen LogP contribution in [-0.4, -0.2) is 0 Å². The molecule has 0 aromatic heterocycles. The van der Waals surface area contributed by atoms with Gasteiger partial charge in [0.05, 0.1) is 16.8 Å². The first-order valence-electron chi connectivity index (χ1n) is 6.87. The van der Waals surface area contributed by atoms with Crippen LogP contribution in [0.15, 0.2) is 36.4 Å². The fourth-order valence-electron chi connectivity index (χ4n) is 3.05. The Balaban J connectivity index is 2.01. The lowest BCUT2D eigenvalue weighted by molar-refractivity contribution is 0.337. The zero-order valence-electron chi connectivity index (χ0n) is 11.9. The minimum Gasteiger partial charge on any atom is -0.376 e. The summed E-state index contributed by atoms with van der Waals surface area (Å²) in [6.07, 6.45) is 0.949. The minimum absolute atomic E-state index is 0.00264. The molecule has 0 heterocycles. The third-order valence-corrected chi connectivity index (χ3v) is 4.64. The fourth-order valence-corrected chi connectivity index (χ4v) is 3.40. The Morgan fingerprint density at radius 1 is 1.14 bits per heavy atom. The molecule has 0 spiro atoms. The molecule has 3 rings (SSSR count). The molecule has 21 heavy (non-hydrogen) atoms. The zero-order valence-corrected chi connectivity index (χ0v) is 13.4. The number of benzene rings is 2. The van der Waals surface area contributed by atoms with E-state index in [1.54, 1.807) is 6.07 Å². The molecule has 0 fully saturated rings. The summed E-state index contributed by atoms with van der Waals surface area (Å²) in [7, 11) is 0. The predicted octanol–water partition coefficient (Wildman–Crippen LogP) is 5.87. The summed E-state index contributed by atoms with van der Waals surface area (Å²) >= 11 is 12.3. The average molecular weight is 324 g/mol. The molecule has 4 heteroatoms. The van der Waals surface area contributed by atoms with Crippen molar-refractivity contribution in [2.45, 2.75) is 26.3 Å². The average Bonchev–Trinajstić information content (AvgIpc) is 2.65. The van der Waals surface area contributed by atoms with Crippen molar-refractivity contribution in [2.75, 3.05) is 5.32 Å². The SMILES string of the molecule is CC1(C)Cc2ccc(Cl)cc2C1Nc1cc(F)ccc1Cl. The van der Waals surface area contributed by atoms with E-state index >= 15 is 0 Å². The van der Waals surface area contributed by atoms with Crippen LogP contribution in [0.5, 0.6) is 0 Å². The molecule has 0 amide bonds. The Hall–Kier alpha value is -1.25. The summed E-state index contributed by atoms with van der Waals surface area (Å²) in [6.45, 7) is 4.37. The normalized spacial score (nSPS) is 19.4. The number of hydrogen-bond donors (Lipinski definition) is 1. The summed E-state index contributed by atoms with van der Waals surface area (Å²) in [5, 5.41) is 4.62. The summed E-state index contributed by atoms with van der Waals surface area (Å²) in [5.41, 5.74) is 3.05. The maximum atomic E-state index is 13.5. The summed E-state index contributed by atoms with van der Waals surface area (Å²) in [4.78, 5) is 0. The third-order valence-electron chi connectivity index (χ3n) is 4.07.